The summed E-state index contributed by atoms with van der Waals surface area (Å²) in [6, 6.07) is 0. The van der Waals surface area contributed by atoms with Gasteiger partial charge in [-0.2, -0.15) is 0 Å². The van der Waals surface area contributed by atoms with Crippen LogP contribution in [0.15, 0.2) is 24.3 Å². The van der Waals surface area contributed by atoms with E-state index in [9.17, 15) is 9.90 Å². The molecule has 39 heavy (non-hydrogen) atoms. The second kappa shape index (κ2) is 16.9. The second-order valence-electron chi connectivity index (χ2n) is 12.3. The van der Waals surface area contributed by atoms with Crippen molar-refractivity contribution in [2.45, 2.75) is 142 Å². The Balaban J connectivity index is 1.75. The van der Waals surface area contributed by atoms with E-state index in [0.717, 1.165) is 83.8 Å². The summed E-state index contributed by atoms with van der Waals surface area (Å²) >= 11 is 0. The Kier molecular flexibility index (Phi) is 14.0. The molecule has 0 aromatic rings. The number of carboxylic acid groups (broad SMARTS) is 1. The molecule has 7 nitrogen and oxygen atoms in total. The average molecular weight is 551 g/mol. The van der Waals surface area contributed by atoms with E-state index >= 15 is 0 Å². The van der Waals surface area contributed by atoms with Crippen LogP contribution in [-0.2, 0) is 23.7 Å². The maximum absolute atomic E-state index is 11.1. The molecule has 3 rings (SSSR count). The standard InChI is InChI=1S/C32H54O7/c1-4-5-20-32(2,3)28(39-31-17-11-13-22-37-31)19-18-25-24(14-8-6-7-9-15-29(34)35)26(33)23-27(25)38-30-16-10-12-21-36-30/h6,8,18-19,24-28,30-31,33H,4-5,7,9-17,20-23H2,1-3H3,(H,34,35)/b8-6-,19-18+/t24-,25-,26+,27-,28?,30?,31?/m1/s1. The molecular formula is C32H54O7. The van der Waals surface area contributed by atoms with Gasteiger partial charge in [-0.25, -0.2) is 0 Å². The Morgan fingerprint density at radius 3 is 2.41 bits per heavy atom. The summed E-state index contributed by atoms with van der Waals surface area (Å²) in [4.78, 5) is 10.8. The van der Waals surface area contributed by atoms with Crippen molar-refractivity contribution in [2.75, 3.05) is 13.2 Å². The number of carboxylic acids is 1. The van der Waals surface area contributed by atoms with E-state index in [1.54, 1.807) is 0 Å². The topological polar surface area (TPSA) is 94.5 Å². The van der Waals surface area contributed by atoms with Crippen molar-refractivity contribution in [2.24, 2.45) is 17.3 Å². The van der Waals surface area contributed by atoms with Gasteiger partial charge >= 0.3 is 5.97 Å². The summed E-state index contributed by atoms with van der Waals surface area (Å²) < 4.78 is 24.9. The van der Waals surface area contributed by atoms with Gasteiger partial charge in [0.1, 0.15) is 0 Å². The summed E-state index contributed by atoms with van der Waals surface area (Å²) in [5.41, 5.74) is -0.0487. The third-order valence-electron chi connectivity index (χ3n) is 8.58. The van der Waals surface area contributed by atoms with Crippen LogP contribution in [-0.4, -0.2) is 60.3 Å². The number of hydrogen-bond donors (Lipinski definition) is 2. The van der Waals surface area contributed by atoms with Gasteiger partial charge in [-0.05, 0) is 75.5 Å². The molecule has 2 saturated heterocycles. The zero-order valence-electron chi connectivity index (χ0n) is 24.6. The van der Waals surface area contributed by atoms with Gasteiger partial charge in [-0.1, -0.05) is 57.9 Å². The normalized spacial score (nSPS) is 31.3. The number of carbonyl (C=O) groups is 1. The number of hydrogen-bond acceptors (Lipinski definition) is 6. The molecule has 2 aliphatic heterocycles. The lowest BCUT2D eigenvalue weighted by atomic mass is 9.80. The first kappa shape index (κ1) is 32.3. The highest BCUT2D eigenvalue weighted by Crippen LogP contribution is 2.41. The first-order valence-corrected chi connectivity index (χ1v) is 15.6. The first-order chi connectivity index (χ1) is 18.8. The first-order valence-electron chi connectivity index (χ1n) is 15.6. The molecule has 0 radical (unpaired) electrons. The molecule has 7 heteroatoms. The molecule has 1 saturated carbocycles. The minimum absolute atomic E-state index is 0.0240. The number of aliphatic carboxylic acids is 1. The van der Waals surface area contributed by atoms with Gasteiger partial charge in [-0.3, -0.25) is 4.79 Å². The predicted molar refractivity (Wildman–Crippen MR) is 152 cm³/mol. The van der Waals surface area contributed by atoms with Crippen LogP contribution in [0.2, 0.25) is 0 Å². The molecule has 0 spiro atoms. The molecule has 0 aromatic heterocycles. The highest BCUT2D eigenvalue weighted by atomic mass is 16.7. The van der Waals surface area contributed by atoms with Gasteiger partial charge in [0.2, 0.25) is 0 Å². The van der Waals surface area contributed by atoms with E-state index in [2.05, 4.69) is 45.1 Å². The van der Waals surface area contributed by atoms with E-state index in [-0.39, 0.29) is 48.5 Å². The molecule has 224 valence electrons. The number of ether oxygens (including phenoxy) is 4. The highest BCUT2D eigenvalue weighted by Gasteiger charge is 2.43. The lowest BCUT2D eigenvalue weighted by Crippen LogP contribution is -2.37. The molecule has 2 N–H and O–H groups in total. The predicted octanol–water partition coefficient (Wildman–Crippen LogP) is 6.78. The molecular weight excluding hydrogens is 496 g/mol. The number of rotatable bonds is 16. The van der Waals surface area contributed by atoms with Crippen molar-refractivity contribution >= 4 is 5.97 Å². The van der Waals surface area contributed by atoms with E-state index in [1.807, 2.05) is 0 Å². The number of aliphatic hydroxyl groups excluding tert-OH is 1. The number of aliphatic hydroxyl groups is 1. The summed E-state index contributed by atoms with van der Waals surface area (Å²) in [5, 5.41) is 20.0. The van der Waals surface area contributed by atoms with Crippen LogP contribution in [0.25, 0.3) is 0 Å². The average Bonchev–Trinajstić information content (AvgIpc) is 3.21. The van der Waals surface area contributed by atoms with Crippen molar-refractivity contribution in [1.29, 1.82) is 0 Å². The largest absolute Gasteiger partial charge is 0.481 e. The monoisotopic (exact) mass is 550 g/mol. The van der Waals surface area contributed by atoms with Gasteiger partial charge in [0.05, 0.1) is 18.3 Å². The van der Waals surface area contributed by atoms with Crippen molar-refractivity contribution in [1.82, 2.24) is 0 Å². The Bertz CT molecular complexity index is 752. The molecule has 2 heterocycles. The fourth-order valence-corrected chi connectivity index (χ4v) is 6.06. The van der Waals surface area contributed by atoms with Crippen LogP contribution in [0.4, 0.5) is 0 Å². The van der Waals surface area contributed by atoms with Gasteiger partial charge in [0, 0.05) is 32.0 Å². The molecule has 0 bridgehead atoms. The van der Waals surface area contributed by atoms with Crippen molar-refractivity contribution in [3.63, 3.8) is 0 Å². The van der Waals surface area contributed by atoms with Crippen LogP contribution in [0.3, 0.4) is 0 Å². The minimum Gasteiger partial charge on any atom is -0.481 e. The van der Waals surface area contributed by atoms with Crippen LogP contribution >= 0.6 is 0 Å². The Morgan fingerprint density at radius 1 is 1.05 bits per heavy atom. The highest BCUT2D eigenvalue weighted by molar-refractivity contribution is 5.66. The SMILES string of the molecule is CCCCC(C)(C)C(/C=C/[C@@H]1[C@@H](C/C=C\CCCC(=O)O)[C@@H](O)C[C@H]1OC1CCCCO1)OC1CCCCO1. The van der Waals surface area contributed by atoms with E-state index in [0.29, 0.717) is 12.8 Å². The van der Waals surface area contributed by atoms with Crippen LogP contribution in [0.1, 0.15) is 111 Å². The van der Waals surface area contributed by atoms with Crippen molar-refractivity contribution in [3.8, 4) is 0 Å². The van der Waals surface area contributed by atoms with Gasteiger partial charge < -0.3 is 29.2 Å². The summed E-state index contributed by atoms with van der Waals surface area (Å²) in [6.45, 7) is 8.27. The lowest BCUT2D eigenvalue weighted by molar-refractivity contribution is -0.198. The molecule has 7 atom stereocenters. The van der Waals surface area contributed by atoms with Crippen LogP contribution in [0, 0.1) is 17.3 Å². The molecule has 3 fully saturated rings. The number of allylic oxidation sites excluding steroid dienone is 2. The Labute approximate surface area is 236 Å². The summed E-state index contributed by atoms with van der Waals surface area (Å²) in [5.74, 6) is -0.701. The lowest BCUT2D eigenvalue weighted by Gasteiger charge is -2.36. The van der Waals surface area contributed by atoms with Gasteiger partial charge in [-0.15, -0.1) is 0 Å². The fraction of sp³-hybridized carbons (Fsp3) is 0.844. The second-order valence-corrected chi connectivity index (χ2v) is 12.3. The van der Waals surface area contributed by atoms with E-state index in [4.69, 9.17) is 24.1 Å². The van der Waals surface area contributed by atoms with Crippen LogP contribution in [0.5, 0.6) is 0 Å². The van der Waals surface area contributed by atoms with Crippen LogP contribution < -0.4 is 0 Å². The van der Waals surface area contributed by atoms with Crippen molar-refractivity contribution in [3.05, 3.63) is 24.3 Å². The van der Waals surface area contributed by atoms with E-state index < -0.39 is 12.1 Å². The maximum Gasteiger partial charge on any atom is 0.303 e. The third-order valence-corrected chi connectivity index (χ3v) is 8.58. The van der Waals surface area contributed by atoms with Crippen molar-refractivity contribution < 1.29 is 34.0 Å². The number of unbranched alkanes of at least 4 members (excludes halogenated alkanes) is 2. The Morgan fingerprint density at radius 2 is 1.77 bits per heavy atom. The maximum atomic E-state index is 11.1. The third kappa shape index (κ3) is 10.9. The Hall–Kier alpha value is -1.25. The summed E-state index contributed by atoms with van der Waals surface area (Å²) in [7, 11) is 0. The fourth-order valence-electron chi connectivity index (χ4n) is 6.06. The molecule has 0 amide bonds. The molecule has 3 unspecified atom stereocenters. The van der Waals surface area contributed by atoms with Gasteiger partial charge in [0.15, 0.2) is 12.6 Å². The molecule has 3 aliphatic rings. The van der Waals surface area contributed by atoms with E-state index in [1.165, 1.54) is 0 Å². The minimum atomic E-state index is -0.762. The molecule has 0 aromatic carbocycles. The summed E-state index contributed by atoms with van der Waals surface area (Å²) in [6.07, 6.45) is 20.0. The molecule has 1 aliphatic carbocycles. The zero-order valence-corrected chi connectivity index (χ0v) is 24.6. The smallest absolute Gasteiger partial charge is 0.303 e. The zero-order chi connectivity index (χ0) is 28.1. The quantitative estimate of drug-likeness (QED) is 0.162. The van der Waals surface area contributed by atoms with Gasteiger partial charge in [0.25, 0.3) is 0 Å².